The molecule has 27 heavy (non-hydrogen) atoms. The molecule has 0 bridgehead atoms. The second-order valence-corrected chi connectivity index (χ2v) is 5.78. The number of benzene rings is 2. The molecule has 1 amide bonds. The average Bonchev–Trinajstić information content (AvgIpc) is 3.20. The Morgan fingerprint density at radius 2 is 1.74 bits per heavy atom. The zero-order valence-corrected chi connectivity index (χ0v) is 14.0. The smallest absolute Gasteiger partial charge is 0.277 e. The zero-order valence-electron chi connectivity index (χ0n) is 14.0. The van der Waals surface area contributed by atoms with Crippen molar-refractivity contribution < 1.29 is 9.32 Å². The first-order valence-corrected chi connectivity index (χ1v) is 8.19. The van der Waals surface area contributed by atoms with Crippen LogP contribution < -0.4 is 10.9 Å². The largest absolute Gasteiger partial charge is 0.355 e. The Bertz CT molecular complexity index is 1130. The minimum Gasteiger partial charge on any atom is -0.355 e. The molecule has 0 atom stereocenters. The highest BCUT2D eigenvalue weighted by Gasteiger charge is 2.14. The van der Waals surface area contributed by atoms with Gasteiger partial charge in [-0.1, -0.05) is 47.6 Å². The minimum absolute atomic E-state index is 0.182. The van der Waals surface area contributed by atoms with Crippen LogP contribution in [-0.4, -0.2) is 21.3 Å². The van der Waals surface area contributed by atoms with E-state index in [1.54, 1.807) is 30.3 Å². The number of aromatic nitrogens is 3. The molecule has 132 valence electrons. The number of carbonyl (C=O) groups is 1. The molecule has 0 radical (unpaired) electrons. The molecular formula is C20H14N4O3. The molecule has 0 saturated carbocycles. The van der Waals surface area contributed by atoms with Gasteiger partial charge < -0.3 is 9.84 Å². The number of hydrogen-bond acceptors (Lipinski definition) is 5. The predicted molar refractivity (Wildman–Crippen MR) is 100 cm³/mol. The normalized spacial score (nSPS) is 10.5. The van der Waals surface area contributed by atoms with Gasteiger partial charge in [0.1, 0.15) is 0 Å². The summed E-state index contributed by atoms with van der Waals surface area (Å²) in [7, 11) is 0. The third-order valence-electron chi connectivity index (χ3n) is 3.90. The van der Waals surface area contributed by atoms with Crippen molar-refractivity contribution in [2.24, 2.45) is 0 Å². The maximum absolute atomic E-state index is 12.5. The van der Waals surface area contributed by atoms with Crippen molar-refractivity contribution in [3.63, 3.8) is 0 Å². The van der Waals surface area contributed by atoms with Crippen LogP contribution in [0.5, 0.6) is 0 Å². The quantitative estimate of drug-likeness (QED) is 0.583. The number of nitrogens with one attached hydrogen (secondary N) is 2. The fourth-order valence-electron chi connectivity index (χ4n) is 2.58. The van der Waals surface area contributed by atoms with Gasteiger partial charge in [0, 0.05) is 28.9 Å². The molecule has 4 rings (SSSR count). The Hall–Kier alpha value is -4.00. The van der Waals surface area contributed by atoms with Crippen molar-refractivity contribution in [3.05, 3.63) is 88.8 Å². The maximum atomic E-state index is 12.5. The van der Waals surface area contributed by atoms with Gasteiger partial charge in [-0.05, 0) is 18.2 Å². The molecule has 0 saturated heterocycles. The SMILES string of the molecule is O=C(Nc1cccc(-c2ccc(=O)[nH]n2)c1)c1cc(-c2ccccc2)on1. The standard InChI is InChI=1S/C20H14N4O3/c25-19-10-9-16(22-23-19)14-7-4-8-15(11-14)21-20(26)17-12-18(27-24-17)13-5-2-1-3-6-13/h1-12H,(H,21,26)(H,23,25). The molecule has 0 aliphatic carbocycles. The first-order chi connectivity index (χ1) is 13.2. The molecule has 0 unspecified atom stereocenters. The highest BCUT2D eigenvalue weighted by atomic mass is 16.5. The molecule has 4 aromatic rings. The molecule has 0 fully saturated rings. The lowest BCUT2D eigenvalue weighted by atomic mass is 10.1. The Morgan fingerprint density at radius 3 is 2.52 bits per heavy atom. The lowest BCUT2D eigenvalue weighted by Gasteiger charge is -2.05. The number of amides is 1. The van der Waals surface area contributed by atoms with E-state index in [0.717, 1.165) is 11.1 Å². The van der Waals surface area contributed by atoms with Gasteiger partial charge in [-0.15, -0.1) is 0 Å². The Morgan fingerprint density at radius 1 is 0.926 bits per heavy atom. The number of hydrogen-bond donors (Lipinski definition) is 2. The summed E-state index contributed by atoms with van der Waals surface area (Å²) in [5.74, 6) is 0.138. The van der Waals surface area contributed by atoms with E-state index >= 15 is 0 Å². The third kappa shape index (κ3) is 3.67. The van der Waals surface area contributed by atoms with Gasteiger partial charge in [-0.25, -0.2) is 5.10 Å². The van der Waals surface area contributed by atoms with Gasteiger partial charge in [-0.3, -0.25) is 9.59 Å². The minimum atomic E-state index is -0.382. The number of nitrogens with zero attached hydrogens (tertiary/aromatic N) is 2. The summed E-state index contributed by atoms with van der Waals surface area (Å²) >= 11 is 0. The lowest BCUT2D eigenvalue weighted by Crippen LogP contribution is -2.12. The van der Waals surface area contributed by atoms with Crippen LogP contribution in [-0.2, 0) is 0 Å². The fraction of sp³-hybridized carbons (Fsp3) is 0. The van der Waals surface area contributed by atoms with Crippen LogP contribution in [0.15, 0.2) is 82.1 Å². The van der Waals surface area contributed by atoms with E-state index in [9.17, 15) is 9.59 Å². The first kappa shape index (κ1) is 16.5. The van der Waals surface area contributed by atoms with Crippen molar-refractivity contribution in [3.8, 4) is 22.6 Å². The molecule has 7 heteroatoms. The van der Waals surface area contributed by atoms with Crippen molar-refractivity contribution in [1.82, 2.24) is 15.4 Å². The van der Waals surface area contributed by atoms with Gasteiger partial charge in [0.2, 0.25) is 0 Å². The molecule has 2 N–H and O–H groups in total. The van der Waals surface area contributed by atoms with Crippen LogP contribution in [0.3, 0.4) is 0 Å². The van der Waals surface area contributed by atoms with Crippen LogP contribution in [0.2, 0.25) is 0 Å². The van der Waals surface area contributed by atoms with Gasteiger partial charge in [0.15, 0.2) is 11.5 Å². The summed E-state index contributed by atoms with van der Waals surface area (Å²) in [6.45, 7) is 0. The summed E-state index contributed by atoms with van der Waals surface area (Å²) in [6.07, 6.45) is 0. The van der Waals surface area contributed by atoms with E-state index in [0.29, 0.717) is 17.1 Å². The first-order valence-electron chi connectivity index (χ1n) is 8.19. The lowest BCUT2D eigenvalue weighted by molar-refractivity contribution is 0.101. The topological polar surface area (TPSA) is 101 Å². The average molecular weight is 358 g/mol. The number of carbonyl (C=O) groups excluding carboxylic acids is 1. The highest BCUT2D eigenvalue weighted by molar-refractivity contribution is 6.03. The number of rotatable bonds is 4. The molecular weight excluding hydrogens is 344 g/mol. The van der Waals surface area contributed by atoms with Crippen LogP contribution in [0.1, 0.15) is 10.5 Å². The highest BCUT2D eigenvalue weighted by Crippen LogP contribution is 2.22. The Balaban J connectivity index is 1.53. The molecule has 2 aromatic carbocycles. The second-order valence-electron chi connectivity index (χ2n) is 5.78. The van der Waals surface area contributed by atoms with E-state index in [1.807, 2.05) is 36.4 Å². The molecule has 2 heterocycles. The van der Waals surface area contributed by atoms with E-state index in [1.165, 1.54) is 6.07 Å². The van der Waals surface area contributed by atoms with E-state index in [4.69, 9.17) is 4.52 Å². The van der Waals surface area contributed by atoms with Crippen molar-refractivity contribution in [1.29, 1.82) is 0 Å². The summed E-state index contributed by atoms with van der Waals surface area (Å²) in [5.41, 5.74) is 2.68. The van der Waals surface area contributed by atoms with Crippen molar-refractivity contribution in [2.75, 3.05) is 5.32 Å². The number of H-pyrrole nitrogens is 1. The molecule has 2 aromatic heterocycles. The molecule has 0 aliphatic rings. The van der Waals surface area contributed by atoms with E-state index in [-0.39, 0.29) is 17.2 Å². The third-order valence-corrected chi connectivity index (χ3v) is 3.90. The predicted octanol–water partition coefficient (Wildman–Crippen LogP) is 3.34. The maximum Gasteiger partial charge on any atom is 0.277 e. The number of aromatic amines is 1. The Labute approximate surface area is 153 Å². The molecule has 7 nitrogen and oxygen atoms in total. The second kappa shape index (κ2) is 7.09. The summed E-state index contributed by atoms with van der Waals surface area (Å²) in [5, 5.41) is 13.0. The van der Waals surface area contributed by atoms with Crippen LogP contribution in [0, 0.1) is 0 Å². The van der Waals surface area contributed by atoms with Gasteiger partial charge in [0.25, 0.3) is 11.5 Å². The van der Waals surface area contributed by atoms with Crippen LogP contribution in [0.25, 0.3) is 22.6 Å². The Kier molecular flexibility index (Phi) is 4.32. The summed E-state index contributed by atoms with van der Waals surface area (Å²) < 4.78 is 5.26. The number of anilines is 1. The fourth-order valence-corrected chi connectivity index (χ4v) is 2.58. The molecule has 0 spiro atoms. The summed E-state index contributed by atoms with van der Waals surface area (Å²) in [6, 6.07) is 21.2. The van der Waals surface area contributed by atoms with Gasteiger partial charge in [0.05, 0.1) is 5.69 Å². The van der Waals surface area contributed by atoms with Crippen molar-refractivity contribution in [2.45, 2.75) is 0 Å². The zero-order chi connectivity index (χ0) is 18.6. The van der Waals surface area contributed by atoms with E-state index in [2.05, 4.69) is 20.7 Å². The molecule has 0 aliphatic heterocycles. The summed E-state index contributed by atoms with van der Waals surface area (Å²) in [4.78, 5) is 23.6. The van der Waals surface area contributed by atoms with Gasteiger partial charge >= 0.3 is 0 Å². The van der Waals surface area contributed by atoms with Crippen molar-refractivity contribution >= 4 is 11.6 Å². The monoisotopic (exact) mass is 358 g/mol. The van der Waals surface area contributed by atoms with E-state index < -0.39 is 0 Å². The van der Waals surface area contributed by atoms with Crippen LogP contribution >= 0.6 is 0 Å². The van der Waals surface area contributed by atoms with Gasteiger partial charge in [-0.2, -0.15) is 5.10 Å². The van der Waals surface area contributed by atoms with Crippen LogP contribution in [0.4, 0.5) is 5.69 Å².